The highest BCUT2D eigenvalue weighted by Gasteiger charge is 2.30. The first-order valence-electron chi connectivity index (χ1n) is 5.64. The zero-order valence-corrected chi connectivity index (χ0v) is 9.81. The number of hydrogen-bond donors (Lipinski definition) is 1. The van der Waals surface area contributed by atoms with Crippen LogP contribution < -0.4 is 5.73 Å². The second-order valence-electron chi connectivity index (χ2n) is 4.09. The molecule has 88 valence electrons. The highest BCUT2D eigenvalue weighted by atomic mass is 16.2. The molecule has 2 N–H and O–H groups in total. The van der Waals surface area contributed by atoms with Crippen LogP contribution in [-0.2, 0) is 0 Å². The Kier molecular flexibility index (Phi) is 3.40. The molecule has 0 aromatic carbocycles. The van der Waals surface area contributed by atoms with Gasteiger partial charge in [0.2, 0.25) is 0 Å². The molecule has 17 heavy (non-hydrogen) atoms. The Morgan fingerprint density at radius 3 is 2.88 bits per heavy atom. The average molecular weight is 229 g/mol. The quantitative estimate of drug-likeness (QED) is 0.756. The van der Waals surface area contributed by atoms with Gasteiger partial charge in [-0.1, -0.05) is 11.8 Å². The van der Waals surface area contributed by atoms with Gasteiger partial charge in [0.25, 0.3) is 5.91 Å². The van der Waals surface area contributed by atoms with Crippen LogP contribution in [0.2, 0.25) is 0 Å². The van der Waals surface area contributed by atoms with Crippen molar-refractivity contribution in [1.82, 2.24) is 9.88 Å². The Balaban J connectivity index is 2.09. The molecule has 0 aliphatic heterocycles. The Hall–Kier alpha value is -1.86. The minimum atomic E-state index is -0.0224. The first kappa shape index (κ1) is 11.6. The molecule has 0 bridgehead atoms. The molecule has 4 nitrogen and oxygen atoms in total. The van der Waals surface area contributed by atoms with Gasteiger partial charge in [0.15, 0.2) is 0 Å². The van der Waals surface area contributed by atoms with Gasteiger partial charge in [-0.05, 0) is 25.0 Å². The van der Waals surface area contributed by atoms with E-state index in [-0.39, 0.29) is 5.91 Å². The fraction of sp³-hybridized carbons (Fsp3) is 0.385. The maximum absolute atomic E-state index is 12.0. The largest absolute Gasteiger partial charge is 0.337 e. The summed E-state index contributed by atoms with van der Waals surface area (Å²) >= 11 is 0. The molecule has 1 aromatic rings. The molecule has 1 saturated carbocycles. The van der Waals surface area contributed by atoms with Crippen LogP contribution in [0.4, 0.5) is 0 Å². The van der Waals surface area contributed by atoms with E-state index < -0.39 is 0 Å². The van der Waals surface area contributed by atoms with Crippen molar-refractivity contribution < 1.29 is 4.79 Å². The Morgan fingerprint density at radius 1 is 1.59 bits per heavy atom. The standard InChI is InChI=1S/C13H15N3O/c1-16(11-5-6-11)13(17)12-7-4-10(9-15-12)3-2-8-14/h4,7,9,11H,5-6,8,14H2,1H3. The number of amides is 1. The molecule has 4 heteroatoms. The molecule has 0 saturated heterocycles. The molecular weight excluding hydrogens is 214 g/mol. The van der Waals surface area contributed by atoms with Crippen LogP contribution >= 0.6 is 0 Å². The Morgan fingerprint density at radius 2 is 2.35 bits per heavy atom. The van der Waals surface area contributed by atoms with Gasteiger partial charge in [0.05, 0.1) is 6.54 Å². The predicted octanol–water partition coefficient (Wildman–Crippen LogP) is 0.626. The average Bonchev–Trinajstić information content (AvgIpc) is 3.19. The van der Waals surface area contributed by atoms with Gasteiger partial charge in [-0.15, -0.1) is 0 Å². The van der Waals surface area contributed by atoms with Gasteiger partial charge in [0.1, 0.15) is 5.69 Å². The number of aromatic nitrogens is 1. The van der Waals surface area contributed by atoms with Crippen LogP contribution in [0.25, 0.3) is 0 Å². The van der Waals surface area contributed by atoms with Crippen molar-refractivity contribution in [2.24, 2.45) is 5.73 Å². The van der Waals surface area contributed by atoms with Gasteiger partial charge in [-0.25, -0.2) is 4.98 Å². The van der Waals surface area contributed by atoms with E-state index in [2.05, 4.69) is 16.8 Å². The van der Waals surface area contributed by atoms with Crippen LogP contribution in [0.3, 0.4) is 0 Å². The third-order valence-corrected chi connectivity index (χ3v) is 2.73. The lowest BCUT2D eigenvalue weighted by Gasteiger charge is -2.15. The summed E-state index contributed by atoms with van der Waals surface area (Å²) in [6.45, 7) is 0.325. The van der Waals surface area contributed by atoms with Gasteiger partial charge < -0.3 is 10.6 Å². The first-order valence-corrected chi connectivity index (χ1v) is 5.64. The highest BCUT2D eigenvalue weighted by Crippen LogP contribution is 2.26. The number of hydrogen-bond acceptors (Lipinski definition) is 3. The van der Waals surface area contributed by atoms with Gasteiger partial charge >= 0.3 is 0 Å². The van der Waals surface area contributed by atoms with Crippen molar-refractivity contribution in [2.75, 3.05) is 13.6 Å². The SMILES string of the molecule is CN(C(=O)c1ccc(C#CCN)cn1)C1CC1. The molecule has 1 fully saturated rings. The third kappa shape index (κ3) is 2.83. The topological polar surface area (TPSA) is 59.2 Å². The summed E-state index contributed by atoms with van der Waals surface area (Å²) in [6.07, 6.45) is 3.81. The molecular formula is C13H15N3O. The molecule has 0 spiro atoms. The number of rotatable bonds is 2. The van der Waals surface area contributed by atoms with Gasteiger partial charge in [-0.2, -0.15) is 0 Å². The molecule has 1 amide bonds. The lowest BCUT2D eigenvalue weighted by Crippen LogP contribution is -2.29. The molecule has 0 atom stereocenters. The predicted molar refractivity (Wildman–Crippen MR) is 65.3 cm³/mol. The fourth-order valence-corrected chi connectivity index (χ4v) is 1.56. The van der Waals surface area contributed by atoms with E-state index in [1.54, 1.807) is 23.2 Å². The van der Waals surface area contributed by atoms with E-state index in [4.69, 9.17) is 5.73 Å². The number of nitrogens with zero attached hydrogens (tertiary/aromatic N) is 2. The number of carbonyl (C=O) groups excluding carboxylic acids is 1. The maximum Gasteiger partial charge on any atom is 0.272 e. The van der Waals surface area contributed by atoms with Crippen molar-refractivity contribution in [3.63, 3.8) is 0 Å². The Labute approximate surface area is 101 Å². The molecule has 0 unspecified atom stereocenters. The summed E-state index contributed by atoms with van der Waals surface area (Å²) in [5.74, 6) is 5.60. The van der Waals surface area contributed by atoms with Crippen LogP contribution in [0.1, 0.15) is 28.9 Å². The molecule has 1 aliphatic carbocycles. The lowest BCUT2D eigenvalue weighted by atomic mass is 10.2. The third-order valence-electron chi connectivity index (χ3n) is 2.73. The normalized spacial score (nSPS) is 13.8. The summed E-state index contributed by atoms with van der Waals surface area (Å²) in [5, 5.41) is 0. The second kappa shape index (κ2) is 4.98. The zero-order chi connectivity index (χ0) is 12.3. The van der Waals surface area contributed by atoms with E-state index in [1.165, 1.54) is 0 Å². The van der Waals surface area contributed by atoms with Crippen molar-refractivity contribution in [1.29, 1.82) is 0 Å². The minimum absolute atomic E-state index is 0.0224. The minimum Gasteiger partial charge on any atom is -0.337 e. The summed E-state index contributed by atoms with van der Waals surface area (Å²) < 4.78 is 0. The fourth-order valence-electron chi connectivity index (χ4n) is 1.56. The molecule has 2 rings (SSSR count). The lowest BCUT2D eigenvalue weighted by molar-refractivity contribution is 0.0779. The monoisotopic (exact) mass is 229 g/mol. The summed E-state index contributed by atoms with van der Waals surface area (Å²) in [6, 6.07) is 3.91. The number of nitrogens with two attached hydrogens (primary N) is 1. The van der Waals surface area contributed by atoms with E-state index in [0.29, 0.717) is 18.3 Å². The first-order chi connectivity index (χ1) is 8.22. The smallest absolute Gasteiger partial charge is 0.272 e. The van der Waals surface area contributed by atoms with Gasteiger partial charge in [-0.3, -0.25) is 4.79 Å². The highest BCUT2D eigenvalue weighted by molar-refractivity contribution is 5.92. The van der Waals surface area contributed by atoms with Crippen LogP contribution in [0.5, 0.6) is 0 Å². The van der Waals surface area contributed by atoms with Crippen LogP contribution in [0, 0.1) is 11.8 Å². The number of pyridine rings is 1. The maximum atomic E-state index is 12.0. The van der Waals surface area contributed by atoms with E-state index >= 15 is 0 Å². The van der Waals surface area contributed by atoms with Crippen molar-refractivity contribution in [2.45, 2.75) is 18.9 Å². The van der Waals surface area contributed by atoms with E-state index in [0.717, 1.165) is 18.4 Å². The van der Waals surface area contributed by atoms with Gasteiger partial charge in [0, 0.05) is 24.8 Å². The summed E-state index contributed by atoms with van der Waals surface area (Å²) in [5.41, 5.74) is 6.53. The summed E-state index contributed by atoms with van der Waals surface area (Å²) in [4.78, 5) is 17.8. The molecule has 0 radical (unpaired) electrons. The van der Waals surface area contributed by atoms with E-state index in [1.807, 2.05) is 7.05 Å². The van der Waals surface area contributed by atoms with Crippen LogP contribution in [0.15, 0.2) is 18.3 Å². The molecule has 1 heterocycles. The van der Waals surface area contributed by atoms with E-state index in [9.17, 15) is 4.79 Å². The molecule has 1 aliphatic rings. The molecule has 1 aromatic heterocycles. The number of carbonyl (C=O) groups is 1. The Bertz CT molecular complexity index is 466. The second-order valence-corrected chi connectivity index (χ2v) is 4.09. The zero-order valence-electron chi connectivity index (χ0n) is 9.81. The van der Waals surface area contributed by atoms with Crippen molar-refractivity contribution >= 4 is 5.91 Å². The van der Waals surface area contributed by atoms with Crippen LogP contribution in [-0.4, -0.2) is 35.4 Å². The summed E-state index contributed by atoms with van der Waals surface area (Å²) in [7, 11) is 1.82. The van der Waals surface area contributed by atoms with Crippen molar-refractivity contribution in [3.8, 4) is 11.8 Å². The van der Waals surface area contributed by atoms with Crippen molar-refractivity contribution in [3.05, 3.63) is 29.6 Å².